The van der Waals surface area contributed by atoms with Gasteiger partial charge in [0.1, 0.15) is 5.75 Å². The molecule has 0 saturated carbocycles. The molecule has 0 radical (unpaired) electrons. The lowest BCUT2D eigenvalue weighted by atomic mass is 10.1. The van der Waals surface area contributed by atoms with Crippen LogP contribution in [0.15, 0.2) is 91.0 Å². The number of rotatable bonds is 7. The first-order valence-electron chi connectivity index (χ1n) is 11.4. The van der Waals surface area contributed by atoms with Gasteiger partial charge in [0.25, 0.3) is 11.8 Å². The maximum absolute atomic E-state index is 13.3. The molecule has 0 saturated heterocycles. The lowest BCUT2D eigenvalue weighted by Gasteiger charge is -2.23. The van der Waals surface area contributed by atoms with E-state index in [2.05, 4.69) is 5.32 Å². The molecule has 0 spiro atoms. The van der Waals surface area contributed by atoms with Gasteiger partial charge in [-0.3, -0.25) is 9.59 Å². The van der Waals surface area contributed by atoms with Gasteiger partial charge in [0.2, 0.25) is 0 Å². The molecule has 0 fully saturated rings. The molecule has 4 rings (SSSR count). The van der Waals surface area contributed by atoms with Crippen LogP contribution in [-0.4, -0.2) is 24.5 Å². The summed E-state index contributed by atoms with van der Waals surface area (Å²) in [7, 11) is 0. The van der Waals surface area contributed by atoms with Crippen LogP contribution < -0.4 is 15.0 Å². The van der Waals surface area contributed by atoms with Crippen LogP contribution in [0.1, 0.15) is 41.5 Å². The zero-order valence-corrected chi connectivity index (χ0v) is 19.6. The Morgan fingerprint density at radius 2 is 1.53 bits per heavy atom. The van der Waals surface area contributed by atoms with Crippen molar-refractivity contribution in [3.63, 3.8) is 0 Å². The predicted octanol–water partition coefficient (Wildman–Crippen LogP) is 6.55. The highest BCUT2D eigenvalue weighted by molar-refractivity contribution is 6.11. The molecule has 5 nitrogen and oxygen atoms in total. The third kappa shape index (κ3) is 4.94. The smallest absolute Gasteiger partial charge is 0.259 e. The van der Waals surface area contributed by atoms with Gasteiger partial charge in [0.05, 0.1) is 17.4 Å². The molecule has 0 unspecified atom stereocenters. The summed E-state index contributed by atoms with van der Waals surface area (Å²) < 4.78 is 5.75. The monoisotopic (exact) mass is 452 g/mol. The van der Waals surface area contributed by atoms with Gasteiger partial charge < -0.3 is 15.0 Å². The molecule has 172 valence electrons. The zero-order valence-electron chi connectivity index (χ0n) is 19.6. The number of amides is 2. The van der Waals surface area contributed by atoms with Crippen LogP contribution in [-0.2, 0) is 0 Å². The fraction of sp³-hybridized carbons (Fsp3) is 0.172. The number of benzene rings is 4. The maximum atomic E-state index is 13.3. The van der Waals surface area contributed by atoms with Crippen LogP contribution in [0.3, 0.4) is 0 Å². The van der Waals surface area contributed by atoms with Crippen LogP contribution >= 0.6 is 0 Å². The molecule has 5 heteroatoms. The number of nitrogens with zero attached hydrogens (tertiary/aromatic N) is 1. The van der Waals surface area contributed by atoms with E-state index in [-0.39, 0.29) is 17.9 Å². The zero-order chi connectivity index (χ0) is 24.1. The van der Waals surface area contributed by atoms with Gasteiger partial charge in [-0.25, -0.2) is 0 Å². The van der Waals surface area contributed by atoms with E-state index >= 15 is 0 Å². The Morgan fingerprint density at radius 1 is 0.853 bits per heavy atom. The quantitative estimate of drug-likeness (QED) is 0.346. The summed E-state index contributed by atoms with van der Waals surface area (Å²) in [5.41, 5.74) is 2.50. The SMILES string of the molecule is CCN(C(=O)c1ccc(NC(=O)c2ccccc2OC(C)C)cc1)c1cccc2ccccc12. The average Bonchev–Trinajstić information content (AvgIpc) is 2.85. The Hall–Kier alpha value is -4.12. The topological polar surface area (TPSA) is 58.6 Å². The average molecular weight is 453 g/mol. The van der Waals surface area contributed by atoms with Crippen molar-refractivity contribution in [1.29, 1.82) is 0 Å². The van der Waals surface area contributed by atoms with Gasteiger partial charge in [-0.05, 0) is 68.6 Å². The van der Waals surface area contributed by atoms with Crippen LogP contribution in [0, 0.1) is 0 Å². The second-order valence-electron chi connectivity index (χ2n) is 8.24. The molecule has 0 aliphatic carbocycles. The molecule has 2 amide bonds. The van der Waals surface area contributed by atoms with Crippen molar-refractivity contribution in [3.05, 3.63) is 102 Å². The van der Waals surface area contributed by atoms with E-state index in [1.54, 1.807) is 47.4 Å². The van der Waals surface area contributed by atoms with Crippen LogP contribution in [0.2, 0.25) is 0 Å². The van der Waals surface area contributed by atoms with E-state index in [1.165, 1.54) is 0 Å². The van der Waals surface area contributed by atoms with Gasteiger partial charge in [0, 0.05) is 23.2 Å². The second kappa shape index (κ2) is 10.2. The lowest BCUT2D eigenvalue weighted by molar-refractivity contribution is 0.0987. The number of anilines is 2. The number of fused-ring (bicyclic) bond motifs is 1. The fourth-order valence-corrected chi connectivity index (χ4v) is 3.93. The van der Waals surface area contributed by atoms with E-state index in [4.69, 9.17) is 4.74 Å². The molecule has 0 aliphatic rings. The summed E-state index contributed by atoms with van der Waals surface area (Å²) in [6, 6.07) is 28.1. The minimum Gasteiger partial charge on any atom is -0.490 e. The highest BCUT2D eigenvalue weighted by Crippen LogP contribution is 2.28. The minimum atomic E-state index is -0.263. The second-order valence-corrected chi connectivity index (χ2v) is 8.24. The van der Waals surface area contributed by atoms with E-state index in [9.17, 15) is 9.59 Å². The van der Waals surface area contributed by atoms with E-state index in [1.807, 2.05) is 69.3 Å². The number of hydrogen-bond acceptors (Lipinski definition) is 3. The molecule has 4 aromatic carbocycles. The number of carbonyl (C=O) groups is 2. The summed E-state index contributed by atoms with van der Waals surface area (Å²) in [4.78, 5) is 28.0. The number of ether oxygens (including phenoxy) is 1. The molecule has 0 aromatic heterocycles. The van der Waals surface area contributed by atoms with Gasteiger partial charge >= 0.3 is 0 Å². The Balaban J connectivity index is 1.53. The van der Waals surface area contributed by atoms with E-state index in [0.29, 0.717) is 29.1 Å². The van der Waals surface area contributed by atoms with Crippen molar-refractivity contribution in [2.45, 2.75) is 26.9 Å². The highest BCUT2D eigenvalue weighted by atomic mass is 16.5. The lowest BCUT2D eigenvalue weighted by Crippen LogP contribution is -2.30. The van der Waals surface area contributed by atoms with Crippen molar-refractivity contribution in [2.24, 2.45) is 0 Å². The van der Waals surface area contributed by atoms with Crippen LogP contribution in [0.4, 0.5) is 11.4 Å². The van der Waals surface area contributed by atoms with Crippen molar-refractivity contribution in [2.75, 3.05) is 16.8 Å². The highest BCUT2D eigenvalue weighted by Gasteiger charge is 2.19. The van der Waals surface area contributed by atoms with Crippen molar-refractivity contribution >= 4 is 34.0 Å². The Bertz CT molecular complexity index is 1310. The van der Waals surface area contributed by atoms with Crippen molar-refractivity contribution in [3.8, 4) is 5.75 Å². The van der Waals surface area contributed by atoms with Crippen LogP contribution in [0.25, 0.3) is 10.8 Å². The van der Waals surface area contributed by atoms with Crippen molar-refractivity contribution < 1.29 is 14.3 Å². The number of para-hydroxylation sites is 1. The predicted molar refractivity (Wildman–Crippen MR) is 138 cm³/mol. The molecule has 0 aliphatic heterocycles. The number of hydrogen-bond donors (Lipinski definition) is 1. The maximum Gasteiger partial charge on any atom is 0.259 e. The summed E-state index contributed by atoms with van der Waals surface area (Å²) >= 11 is 0. The Kier molecular flexibility index (Phi) is 6.93. The van der Waals surface area contributed by atoms with E-state index in [0.717, 1.165) is 16.5 Å². The standard InChI is InChI=1S/C29H28N2O3/c1-4-31(26-14-9-11-21-10-5-6-12-24(21)26)29(33)22-16-18-23(19-17-22)30-28(32)25-13-7-8-15-27(25)34-20(2)3/h5-20H,4H2,1-3H3,(H,30,32). The molecular formula is C29H28N2O3. The summed E-state index contributed by atoms with van der Waals surface area (Å²) in [6.45, 7) is 6.34. The molecule has 0 heterocycles. The van der Waals surface area contributed by atoms with Gasteiger partial charge in [0.15, 0.2) is 0 Å². The summed E-state index contributed by atoms with van der Waals surface area (Å²) in [5.74, 6) is 0.184. The number of carbonyl (C=O) groups excluding carboxylic acids is 2. The van der Waals surface area contributed by atoms with Gasteiger partial charge in [-0.15, -0.1) is 0 Å². The minimum absolute atomic E-state index is 0.0394. The molecular weight excluding hydrogens is 424 g/mol. The molecule has 4 aromatic rings. The first-order valence-corrected chi connectivity index (χ1v) is 11.4. The first-order chi connectivity index (χ1) is 16.5. The van der Waals surface area contributed by atoms with Crippen LogP contribution in [0.5, 0.6) is 5.75 Å². The number of nitrogens with one attached hydrogen (secondary N) is 1. The molecule has 0 atom stereocenters. The third-order valence-electron chi connectivity index (χ3n) is 5.50. The largest absolute Gasteiger partial charge is 0.490 e. The van der Waals surface area contributed by atoms with Gasteiger partial charge in [-0.2, -0.15) is 0 Å². The molecule has 34 heavy (non-hydrogen) atoms. The Morgan fingerprint density at radius 3 is 2.26 bits per heavy atom. The normalized spacial score (nSPS) is 10.8. The summed E-state index contributed by atoms with van der Waals surface area (Å²) in [5, 5.41) is 5.02. The molecule has 0 bridgehead atoms. The van der Waals surface area contributed by atoms with E-state index < -0.39 is 0 Å². The Labute approximate surface area is 200 Å². The fourth-order valence-electron chi connectivity index (χ4n) is 3.93. The van der Waals surface area contributed by atoms with Gasteiger partial charge in [-0.1, -0.05) is 48.5 Å². The first kappa shape index (κ1) is 23.1. The third-order valence-corrected chi connectivity index (χ3v) is 5.50. The molecule has 1 N–H and O–H groups in total. The summed E-state index contributed by atoms with van der Waals surface area (Å²) in [6.07, 6.45) is -0.0394. The van der Waals surface area contributed by atoms with Crippen molar-refractivity contribution in [1.82, 2.24) is 0 Å².